The molecular formula is C21H19N3O7S. The van der Waals surface area contributed by atoms with Gasteiger partial charge in [0.25, 0.3) is 0 Å². The summed E-state index contributed by atoms with van der Waals surface area (Å²) >= 11 is 0. The van der Waals surface area contributed by atoms with Gasteiger partial charge in [0.15, 0.2) is 5.58 Å². The number of oxazole rings is 1. The van der Waals surface area contributed by atoms with Crippen LogP contribution >= 0.6 is 0 Å². The number of hydrogen-bond acceptors (Lipinski definition) is 8. The molecular weight excluding hydrogens is 438 g/mol. The number of aromatic nitrogens is 1. The van der Waals surface area contributed by atoms with Crippen molar-refractivity contribution in [2.75, 3.05) is 23.2 Å². The van der Waals surface area contributed by atoms with E-state index in [1.54, 1.807) is 24.3 Å². The molecule has 0 amide bonds. The Morgan fingerprint density at radius 3 is 2.69 bits per heavy atom. The second-order valence-corrected chi connectivity index (χ2v) is 7.90. The molecule has 166 valence electrons. The fourth-order valence-electron chi connectivity index (χ4n) is 3.30. The predicted molar refractivity (Wildman–Crippen MR) is 120 cm³/mol. The average molecular weight is 457 g/mol. The molecule has 0 unspecified atom stereocenters. The van der Waals surface area contributed by atoms with Crippen LogP contribution in [0, 0.1) is 0 Å². The van der Waals surface area contributed by atoms with Crippen molar-refractivity contribution in [3.63, 3.8) is 0 Å². The van der Waals surface area contributed by atoms with E-state index in [-0.39, 0.29) is 17.9 Å². The van der Waals surface area contributed by atoms with Crippen molar-refractivity contribution in [2.45, 2.75) is 12.8 Å². The maximum atomic E-state index is 12.6. The van der Waals surface area contributed by atoms with Crippen LogP contribution in [0.25, 0.3) is 33.5 Å². The molecule has 2 aromatic heterocycles. The van der Waals surface area contributed by atoms with Crippen molar-refractivity contribution in [2.24, 2.45) is 0 Å². The summed E-state index contributed by atoms with van der Waals surface area (Å²) in [4.78, 5) is 29.5. The third kappa shape index (κ3) is 4.57. The number of aliphatic carboxylic acids is 1. The van der Waals surface area contributed by atoms with Crippen LogP contribution < -0.4 is 15.2 Å². The summed E-state index contributed by atoms with van der Waals surface area (Å²) in [6, 6.07) is 11.6. The topological polar surface area (TPSA) is 143 Å². The number of anilines is 2. The van der Waals surface area contributed by atoms with E-state index in [9.17, 15) is 18.0 Å². The molecule has 2 N–H and O–H groups in total. The number of carboxylic acid groups (broad SMARTS) is 1. The first-order valence-electron chi connectivity index (χ1n) is 9.63. The molecule has 0 spiro atoms. The third-order valence-corrected chi connectivity index (χ3v) is 5.32. The number of rotatable bonds is 8. The van der Waals surface area contributed by atoms with E-state index in [2.05, 4.69) is 9.71 Å². The Hall–Kier alpha value is -3.86. The number of benzene rings is 2. The number of hydrogen-bond donors (Lipinski definition) is 3. The van der Waals surface area contributed by atoms with E-state index < -0.39 is 22.5 Å². The highest BCUT2D eigenvalue weighted by Gasteiger charge is 2.16. The van der Waals surface area contributed by atoms with E-state index in [4.69, 9.17) is 13.9 Å². The van der Waals surface area contributed by atoms with Gasteiger partial charge in [0.2, 0.25) is 16.8 Å². The minimum atomic E-state index is -2.82. The molecule has 10 nitrogen and oxygen atoms in total. The van der Waals surface area contributed by atoms with Crippen LogP contribution in [-0.2, 0) is 15.7 Å². The van der Waals surface area contributed by atoms with Crippen molar-refractivity contribution < 1.29 is 27.2 Å². The molecule has 0 aliphatic heterocycles. The zero-order valence-corrected chi connectivity index (χ0v) is 17.8. The van der Waals surface area contributed by atoms with Crippen LogP contribution in [0.15, 0.2) is 56.1 Å². The summed E-state index contributed by atoms with van der Waals surface area (Å²) in [5, 5.41) is 9.44. The summed E-state index contributed by atoms with van der Waals surface area (Å²) in [7, 11) is -0.982. The SMILES string of the molecule is CN(CCCC(=O)O)c1ccc2cc(-c3nc4ccc(N[SH](=O)=O)cc4o3)c(=O)oc2c1. The highest BCUT2D eigenvalue weighted by Crippen LogP contribution is 2.28. The van der Waals surface area contributed by atoms with Crippen molar-refractivity contribution in [3.05, 3.63) is 52.9 Å². The summed E-state index contributed by atoms with van der Waals surface area (Å²) in [5.41, 5.74) is 1.78. The van der Waals surface area contributed by atoms with Gasteiger partial charge in [-0.05, 0) is 36.8 Å². The Balaban J connectivity index is 1.64. The van der Waals surface area contributed by atoms with Gasteiger partial charge >= 0.3 is 11.6 Å². The van der Waals surface area contributed by atoms with Crippen LogP contribution in [0.1, 0.15) is 12.8 Å². The summed E-state index contributed by atoms with van der Waals surface area (Å²) in [6.45, 7) is 0.542. The lowest BCUT2D eigenvalue weighted by Gasteiger charge is -2.19. The van der Waals surface area contributed by atoms with Gasteiger partial charge in [-0.15, -0.1) is 0 Å². The molecule has 0 fully saturated rings. The lowest BCUT2D eigenvalue weighted by molar-refractivity contribution is -0.137. The lowest BCUT2D eigenvalue weighted by atomic mass is 10.1. The van der Waals surface area contributed by atoms with Crippen molar-refractivity contribution in [1.82, 2.24) is 4.98 Å². The number of nitrogens with one attached hydrogen (secondary N) is 1. The van der Waals surface area contributed by atoms with Crippen LogP contribution in [0.3, 0.4) is 0 Å². The van der Waals surface area contributed by atoms with Crippen molar-refractivity contribution in [3.8, 4) is 11.5 Å². The molecule has 32 heavy (non-hydrogen) atoms. The van der Waals surface area contributed by atoms with Gasteiger partial charge in [-0.3, -0.25) is 9.52 Å². The summed E-state index contributed by atoms with van der Waals surface area (Å²) in [5.74, 6) is -0.780. The quantitative estimate of drug-likeness (QED) is 0.269. The fraction of sp³-hybridized carbons (Fsp3) is 0.190. The predicted octanol–water partition coefficient (Wildman–Crippen LogP) is 2.84. The van der Waals surface area contributed by atoms with Crippen LogP contribution in [0.2, 0.25) is 0 Å². The molecule has 2 heterocycles. The molecule has 0 aliphatic carbocycles. The normalized spacial score (nSPS) is 11.3. The molecule has 0 saturated heterocycles. The van der Waals surface area contributed by atoms with Gasteiger partial charge in [-0.1, -0.05) is 0 Å². The summed E-state index contributed by atoms with van der Waals surface area (Å²) in [6.07, 6.45) is 0.570. The number of carboxylic acids is 1. The number of fused-ring (bicyclic) bond motifs is 2. The Kier molecular flexibility index (Phi) is 5.82. The molecule has 4 aromatic rings. The smallest absolute Gasteiger partial charge is 0.349 e. The lowest BCUT2D eigenvalue weighted by Crippen LogP contribution is -2.19. The summed E-state index contributed by atoms with van der Waals surface area (Å²) < 4.78 is 35.1. The molecule has 0 bridgehead atoms. The Bertz CT molecular complexity index is 1450. The maximum Gasteiger partial charge on any atom is 0.349 e. The number of thiol groups is 1. The van der Waals surface area contributed by atoms with Gasteiger partial charge in [-0.2, -0.15) is 0 Å². The second kappa shape index (κ2) is 8.71. The standard InChI is InChI=1S/C21H19N3O7S/c1-24(8-2-3-19(25)26)14-6-4-12-9-15(21(27)31-17(12)11-14)20-22-16-7-5-13(23-32(28)29)10-18(16)30-20/h4-7,9-11,32H,2-3,8H2,1H3,(H,25,26)(H,23,28,29). The average Bonchev–Trinajstić information content (AvgIpc) is 3.15. The molecule has 0 aliphatic rings. The third-order valence-electron chi connectivity index (χ3n) is 4.88. The minimum absolute atomic E-state index is 0.0641. The Morgan fingerprint density at radius 1 is 1.12 bits per heavy atom. The highest BCUT2D eigenvalue weighted by molar-refractivity contribution is 7.73. The molecule has 0 atom stereocenters. The van der Waals surface area contributed by atoms with Crippen LogP contribution in [0.4, 0.5) is 11.4 Å². The van der Waals surface area contributed by atoms with Gasteiger partial charge in [-0.25, -0.2) is 18.2 Å². The molecule has 0 radical (unpaired) electrons. The van der Waals surface area contributed by atoms with Crippen LogP contribution in [-0.4, -0.2) is 38.1 Å². The van der Waals surface area contributed by atoms with E-state index in [1.165, 1.54) is 12.1 Å². The van der Waals surface area contributed by atoms with Gasteiger partial charge in [0.05, 0.1) is 5.69 Å². The Labute approximate surface area is 183 Å². The van der Waals surface area contributed by atoms with Crippen molar-refractivity contribution in [1.29, 1.82) is 0 Å². The first kappa shape index (κ1) is 21.4. The minimum Gasteiger partial charge on any atom is -0.481 e. The second-order valence-electron chi connectivity index (χ2n) is 7.16. The van der Waals surface area contributed by atoms with E-state index in [0.29, 0.717) is 40.7 Å². The Morgan fingerprint density at radius 2 is 1.94 bits per heavy atom. The van der Waals surface area contributed by atoms with Gasteiger partial charge in [0.1, 0.15) is 16.7 Å². The van der Waals surface area contributed by atoms with E-state index >= 15 is 0 Å². The molecule has 2 aromatic carbocycles. The zero-order chi connectivity index (χ0) is 22.8. The largest absolute Gasteiger partial charge is 0.481 e. The first-order valence-corrected chi connectivity index (χ1v) is 10.8. The van der Waals surface area contributed by atoms with Crippen molar-refractivity contribution >= 4 is 50.3 Å². The molecule has 11 heteroatoms. The van der Waals surface area contributed by atoms with E-state index in [0.717, 1.165) is 5.69 Å². The number of nitrogens with zero attached hydrogens (tertiary/aromatic N) is 2. The van der Waals surface area contributed by atoms with E-state index in [1.807, 2.05) is 18.0 Å². The maximum absolute atomic E-state index is 12.6. The zero-order valence-electron chi connectivity index (χ0n) is 16.9. The monoisotopic (exact) mass is 457 g/mol. The molecule has 0 saturated carbocycles. The first-order chi connectivity index (χ1) is 15.3. The fourth-order valence-corrected chi connectivity index (χ4v) is 3.65. The van der Waals surface area contributed by atoms with Gasteiger partial charge in [0, 0.05) is 43.2 Å². The van der Waals surface area contributed by atoms with Gasteiger partial charge < -0.3 is 18.8 Å². The molecule has 4 rings (SSSR count). The van der Waals surface area contributed by atoms with Crippen LogP contribution in [0.5, 0.6) is 0 Å². The highest BCUT2D eigenvalue weighted by atomic mass is 32.2. The number of carbonyl (C=O) groups is 1.